The van der Waals surface area contributed by atoms with Crippen LogP contribution in [0.25, 0.3) is 0 Å². The molecule has 1 atom stereocenters. The summed E-state index contributed by atoms with van der Waals surface area (Å²) in [4.78, 5) is 32.6. The highest BCUT2D eigenvalue weighted by atomic mass is 35.5. The highest BCUT2D eigenvalue weighted by Crippen LogP contribution is 2.33. The fourth-order valence-corrected chi connectivity index (χ4v) is 6.01. The maximum Gasteiger partial charge on any atom is 0.253 e. The molecule has 0 bridgehead atoms. The van der Waals surface area contributed by atoms with Gasteiger partial charge in [-0.15, -0.1) is 0 Å². The summed E-state index contributed by atoms with van der Waals surface area (Å²) in [7, 11) is 3.59. The molecule has 1 aliphatic carbocycles. The number of ether oxygens (including phenoxy) is 1. The summed E-state index contributed by atoms with van der Waals surface area (Å²) < 4.78 is 5.21. The molecule has 8 heteroatoms. The molecule has 0 aromatic heterocycles. The van der Waals surface area contributed by atoms with Crippen LogP contribution in [-0.4, -0.2) is 86.0 Å². The molecular weight excluding hydrogens is 545 g/mol. The molecule has 40 heavy (non-hydrogen) atoms. The fraction of sp³-hybridized carbons (Fsp3) is 0.562. The molecule has 0 N–H and O–H groups in total. The van der Waals surface area contributed by atoms with Crippen LogP contribution in [0.4, 0.5) is 0 Å². The van der Waals surface area contributed by atoms with Crippen molar-refractivity contribution < 1.29 is 14.3 Å². The van der Waals surface area contributed by atoms with E-state index in [-0.39, 0.29) is 17.7 Å². The van der Waals surface area contributed by atoms with Gasteiger partial charge in [0.15, 0.2) is 0 Å². The number of hydrogen-bond acceptors (Lipinski definition) is 4. The Bertz CT molecular complexity index is 1100. The minimum atomic E-state index is 0.0115. The number of carbonyl (C=O) groups excluding carboxylic acids is 2. The van der Waals surface area contributed by atoms with Gasteiger partial charge in [0.05, 0.1) is 10.0 Å². The monoisotopic (exact) mass is 587 g/mol. The standard InChI is InChI=1S/C32H43Cl2N3O3/c1-35(31(38)24-8-4-3-5-9-24)23-27(26-12-13-29(33)30(34)22-26)14-18-36-19-15-28(16-20-36)37(17-6-7-21-40-2)32(39)25-10-11-25/h3-5,8-9,12-13,22,25,27-28H,6-7,10-11,14-21,23H2,1-2H3. The molecule has 218 valence electrons. The fourth-order valence-electron chi connectivity index (χ4n) is 5.70. The maximum atomic E-state index is 13.1. The van der Waals surface area contributed by atoms with E-state index in [1.165, 1.54) is 0 Å². The Morgan fingerprint density at radius 2 is 1.73 bits per heavy atom. The number of halogens is 2. The summed E-state index contributed by atoms with van der Waals surface area (Å²) in [6.45, 7) is 5.05. The van der Waals surface area contributed by atoms with Crippen molar-refractivity contribution in [3.8, 4) is 0 Å². The molecule has 2 aromatic rings. The molecule has 0 spiro atoms. The van der Waals surface area contributed by atoms with Crippen molar-refractivity contribution in [3.05, 3.63) is 69.7 Å². The highest BCUT2D eigenvalue weighted by Gasteiger charge is 2.37. The Hall–Kier alpha value is -2.12. The van der Waals surface area contributed by atoms with Crippen LogP contribution in [0, 0.1) is 5.92 Å². The van der Waals surface area contributed by atoms with Crippen molar-refractivity contribution in [3.63, 3.8) is 0 Å². The van der Waals surface area contributed by atoms with Crippen LogP contribution in [0.3, 0.4) is 0 Å². The van der Waals surface area contributed by atoms with Crippen molar-refractivity contribution in [2.45, 2.75) is 56.9 Å². The van der Waals surface area contributed by atoms with Crippen LogP contribution in [0.15, 0.2) is 48.5 Å². The van der Waals surface area contributed by atoms with Gasteiger partial charge in [-0.05, 0) is 81.3 Å². The second kappa shape index (κ2) is 15.2. The third kappa shape index (κ3) is 8.69. The number of unbranched alkanes of at least 4 members (excludes halogenated alkanes) is 1. The first-order valence-electron chi connectivity index (χ1n) is 14.6. The molecular formula is C32H43Cl2N3O3. The SMILES string of the molecule is COCCCCN(C(=O)C1CC1)C1CCN(CCC(CN(C)C(=O)c2ccccc2)c2ccc(Cl)c(Cl)c2)CC1. The van der Waals surface area contributed by atoms with Crippen molar-refractivity contribution in [2.24, 2.45) is 5.92 Å². The number of likely N-dealkylation sites (tertiary alicyclic amines) is 1. The van der Waals surface area contributed by atoms with Gasteiger partial charge in [-0.2, -0.15) is 0 Å². The molecule has 1 heterocycles. The topological polar surface area (TPSA) is 53.1 Å². The molecule has 1 unspecified atom stereocenters. The largest absolute Gasteiger partial charge is 0.385 e. The second-order valence-electron chi connectivity index (χ2n) is 11.3. The van der Waals surface area contributed by atoms with E-state index in [9.17, 15) is 9.59 Å². The van der Waals surface area contributed by atoms with Crippen LogP contribution in [0.2, 0.25) is 10.0 Å². The summed E-state index contributed by atoms with van der Waals surface area (Å²) in [5.74, 6) is 0.751. The Morgan fingerprint density at radius 3 is 2.38 bits per heavy atom. The third-order valence-corrected chi connectivity index (χ3v) is 9.01. The highest BCUT2D eigenvalue weighted by molar-refractivity contribution is 6.42. The van der Waals surface area contributed by atoms with E-state index in [2.05, 4.69) is 9.80 Å². The van der Waals surface area contributed by atoms with E-state index >= 15 is 0 Å². The maximum absolute atomic E-state index is 13.1. The van der Waals surface area contributed by atoms with Gasteiger partial charge in [-0.25, -0.2) is 0 Å². The Balaban J connectivity index is 1.35. The summed E-state index contributed by atoms with van der Waals surface area (Å²) in [5, 5.41) is 1.07. The van der Waals surface area contributed by atoms with Crippen molar-refractivity contribution in [2.75, 3.05) is 53.5 Å². The number of methoxy groups -OCH3 is 1. The molecule has 1 saturated carbocycles. The number of benzene rings is 2. The third-order valence-electron chi connectivity index (χ3n) is 8.28. The van der Waals surface area contributed by atoms with E-state index in [1.807, 2.05) is 55.6 Å². The van der Waals surface area contributed by atoms with Gasteiger partial charge < -0.3 is 19.4 Å². The smallest absolute Gasteiger partial charge is 0.253 e. The summed E-state index contributed by atoms with van der Waals surface area (Å²) in [6.07, 6.45) is 6.98. The summed E-state index contributed by atoms with van der Waals surface area (Å²) in [5.41, 5.74) is 1.78. The molecule has 2 fully saturated rings. The quantitative estimate of drug-likeness (QED) is 0.241. The zero-order valence-corrected chi connectivity index (χ0v) is 25.4. The first kappa shape index (κ1) is 30.8. The van der Waals surface area contributed by atoms with Gasteiger partial charge >= 0.3 is 0 Å². The van der Waals surface area contributed by atoms with Gasteiger partial charge in [-0.3, -0.25) is 9.59 Å². The minimum absolute atomic E-state index is 0.0115. The molecule has 2 amide bonds. The first-order valence-corrected chi connectivity index (χ1v) is 15.4. The Kier molecular flexibility index (Phi) is 11.7. The van der Waals surface area contributed by atoms with Crippen LogP contribution in [0.1, 0.15) is 66.8 Å². The van der Waals surface area contributed by atoms with E-state index in [0.717, 1.165) is 83.3 Å². The second-order valence-corrected chi connectivity index (χ2v) is 12.1. The van der Waals surface area contributed by atoms with Gasteiger partial charge in [0.25, 0.3) is 5.91 Å². The van der Waals surface area contributed by atoms with E-state index in [0.29, 0.717) is 34.1 Å². The number of rotatable bonds is 14. The minimum Gasteiger partial charge on any atom is -0.385 e. The van der Waals surface area contributed by atoms with Crippen LogP contribution < -0.4 is 0 Å². The van der Waals surface area contributed by atoms with Gasteiger partial charge in [0.2, 0.25) is 5.91 Å². The van der Waals surface area contributed by atoms with Gasteiger partial charge in [0, 0.05) is 70.4 Å². The van der Waals surface area contributed by atoms with Crippen molar-refractivity contribution in [1.29, 1.82) is 0 Å². The predicted molar refractivity (Wildman–Crippen MR) is 162 cm³/mol. The van der Waals surface area contributed by atoms with Crippen molar-refractivity contribution in [1.82, 2.24) is 14.7 Å². The van der Waals surface area contributed by atoms with Crippen LogP contribution in [-0.2, 0) is 9.53 Å². The number of likely N-dealkylation sites (N-methyl/N-ethyl adjacent to an activating group) is 1. The molecule has 2 aromatic carbocycles. The molecule has 1 aliphatic heterocycles. The van der Waals surface area contributed by atoms with Crippen molar-refractivity contribution >= 4 is 35.0 Å². The number of amides is 2. The van der Waals surface area contributed by atoms with Gasteiger partial charge in [0.1, 0.15) is 0 Å². The number of hydrogen-bond donors (Lipinski definition) is 0. The summed E-state index contributed by atoms with van der Waals surface area (Å²) >= 11 is 12.6. The average molecular weight is 589 g/mol. The predicted octanol–water partition coefficient (Wildman–Crippen LogP) is 6.37. The molecule has 6 nitrogen and oxygen atoms in total. The lowest BCUT2D eigenvalue weighted by Gasteiger charge is -2.39. The lowest BCUT2D eigenvalue weighted by Crippen LogP contribution is -2.48. The molecule has 1 saturated heterocycles. The summed E-state index contributed by atoms with van der Waals surface area (Å²) in [6, 6.07) is 15.5. The van der Waals surface area contributed by atoms with Crippen LogP contribution >= 0.6 is 23.2 Å². The van der Waals surface area contributed by atoms with E-state index < -0.39 is 0 Å². The zero-order valence-electron chi connectivity index (χ0n) is 23.9. The van der Waals surface area contributed by atoms with Gasteiger partial charge in [-0.1, -0.05) is 47.5 Å². The Morgan fingerprint density at radius 1 is 1.00 bits per heavy atom. The zero-order chi connectivity index (χ0) is 28.5. The Labute approximate surface area is 249 Å². The molecule has 0 radical (unpaired) electrons. The van der Waals surface area contributed by atoms with E-state index in [4.69, 9.17) is 27.9 Å². The van der Waals surface area contributed by atoms with E-state index in [1.54, 1.807) is 12.0 Å². The first-order chi connectivity index (χ1) is 19.4. The normalized spacial score (nSPS) is 17.0. The number of nitrogens with zero attached hydrogens (tertiary/aromatic N) is 3. The van der Waals surface area contributed by atoms with Crippen LogP contribution in [0.5, 0.6) is 0 Å². The molecule has 2 aliphatic rings. The number of carbonyl (C=O) groups is 2. The number of piperidine rings is 1. The molecule has 4 rings (SSSR count). The lowest BCUT2D eigenvalue weighted by atomic mass is 9.93. The average Bonchev–Trinajstić information content (AvgIpc) is 3.83. The lowest BCUT2D eigenvalue weighted by molar-refractivity contribution is -0.136.